The summed E-state index contributed by atoms with van der Waals surface area (Å²) in [5, 5.41) is 0.810. The second-order valence-electron chi connectivity index (χ2n) is 4.50. The van der Waals surface area contributed by atoms with Crippen LogP contribution in [0.1, 0.15) is 18.4 Å². The SMILES string of the molecule is O=S1(=O)N=C(N(CCBr)C2CC2)c2ccccc21. The minimum Gasteiger partial charge on any atom is -0.352 e. The lowest BCUT2D eigenvalue weighted by Crippen LogP contribution is -2.34. The summed E-state index contributed by atoms with van der Waals surface area (Å²) in [6, 6.07) is 7.50. The van der Waals surface area contributed by atoms with Gasteiger partial charge in [0.2, 0.25) is 0 Å². The molecule has 1 aromatic rings. The molecular weight excluding hydrogens is 316 g/mol. The van der Waals surface area contributed by atoms with Crippen molar-refractivity contribution >= 4 is 31.8 Å². The highest BCUT2D eigenvalue weighted by Crippen LogP contribution is 2.33. The molecule has 1 saturated carbocycles. The zero-order chi connectivity index (χ0) is 12.8. The monoisotopic (exact) mass is 328 g/mol. The van der Waals surface area contributed by atoms with Gasteiger partial charge in [-0.25, -0.2) is 0 Å². The first-order chi connectivity index (χ1) is 8.63. The van der Waals surface area contributed by atoms with Gasteiger partial charge in [0, 0.05) is 23.5 Å². The van der Waals surface area contributed by atoms with Crippen molar-refractivity contribution in [2.45, 2.75) is 23.8 Å². The molecule has 4 nitrogen and oxygen atoms in total. The van der Waals surface area contributed by atoms with Crippen molar-refractivity contribution in [1.29, 1.82) is 0 Å². The van der Waals surface area contributed by atoms with E-state index in [9.17, 15) is 8.42 Å². The van der Waals surface area contributed by atoms with Crippen LogP contribution in [-0.2, 0) is 10.0 Å². The summed E-state index contributed by atoms with van der Waals surface area (Å²) in [4.78, 5) is 2.44. The standard InChI is InChI=1S/C12H13BrN2O2S/c13-7-8-15(9-5-6-9)12-10-3-1-2-4-11(10)18(16,17)14-12/h1-4,9H,5-8H2. The predicted octanol–water partition coefficient (Wildman–Crippen LogP) is 1.99. The van der Waals surface area contributed by atoms with Crippen LogP contribution in [-0.4, -0.2) is 37.1 Å². The van der Waals surface area contributed by atoms with Gasteiger partial charge in [0.05, 0.1) is 0 Å². The number of rotatable bonds is 3. The maximum atomic E-state index is 12.0. The normalized spacial score (nSPS) is 20.4. The zero-order valence-corrected chi connectivity index (χ0v) is 12.1. The lowest BCUT2D eigenvalue weighted by molar-refractivity contribution is 0.438. The highest BCUT2D eigenvalue weighted by atomic mass is 79.9. The van der Waals surface area contributed by atoms with Crippen molar-refractivity contribution in [2.24, 2.45) is 4.40 Å². The number of alkyl halides is 1. The highest BCUT2D eigenvalue weighted by molar-refractivity contribution is 9.09. The largest absolute Gasteiger partial charge is 0.352 e. The molecule has 0 spiro atoms. The molecule has 0 radical (unpaired) electrons. The van der Waals surface area contributed by atoms with Gasteiger partial charge in [0.15, 0.2) is 5.84 Å². The van der Waals surface area contributed by atoms with Crippen molar-refractivity contribution in [1.82, 2.24) is 4.90 Å². The van der Waals surface area contributed by atoms with E-state index in [1.54, 1.807) is 12.1 Å². The van der Waals surface area contributed by atoms with Crippen LogP contribution in [0.3, 0.4) is 0 Å². The summed E-state index contributed by atoms with van der Waals surface area (Å²) in [6.45, 7) is 0.785. The smallest absolute Gasteiger partial charge is 0.285 e. The summed E-state index contributed by atoms with van der Waals surface area (Å²) in [5.74, 6) is 0.618. The fourth-order valence-electron chi connectivity index (χ4n) is 2.23. The van der Waals surface area contributed by atoms with Gasteiger partial charge in [0.25, 0.3) is 10.0 Å². The van der Waals surface area contributed by atoms with E-state index in [0.29, 0.717) is 16.8 Å². The molecule has 0 N–H and O–H groups in total. The Morgan fingerprint density at radius 3 is 2.72 bits per heavy atom. The Labute approximate surface area is 115 Å². The minimum atomic E-state index is -3.49. The molecule has 3 rings (SSSR count). The molecular formula is C12H13BrN2O2S. The quantitative estimate of drug-likeness (QED) is 0.797. The van der Waals surface area contributed by atoms with Crippen LogP contribution in [0.5, 0.6) is 0 Å². The summed E-state index contributed by atoms with van der Waals surface area (Å²) >= 11 is 3.42. The lowest BCUT2D eigenvalue weighted by Gasteiger charge is -2.23. The zero-order valence-electron chi connectivity index (χ0n) is 9.71. The van der Waals surface area contributed by atoms with E-state index in [0.717, 1.165) is 30.3 Å². The van der Waals surface area contributed by atoms with E-state index < -0.39 is 10.0 Å². The minimum absolute atomic E-state index is 0.334. The number of halogens is 1. The fourth-order valence-corrected chi connectivity index (χ4v) is 3.83. The first-order valence-electron chi connectivity index (χ1n) is 5.90. The Bertz CT molecular complexity index is 608. The van der Waals surface area contributed by atoms with Gasteiger partial charge in [-0.1, -0.05) is 28.1 Å². The molecule has 0 saturated heterocycles. The third-order valence-electron chi connectivity index (χ3n) is 3.20. The Balaban J connectivity index is 2.07. The van der Waals surface area contributed by atoms with E-state index in [-0.39, 0.29) is 0 Å². The van der Waals surface area contributed by atoms with Gasteiger partial charge in [-0.05, 0) is 25.0 Å². The van der Waals surface area contributed by atoms with Crippen LogP contribution in [0.2, 0.25) is 0 Å². The van der Waals surface area contributed by atoms with E-state index in [1.807, 2.05) is 12.1 Å². The Morgan fingerprint density at radius 2 is 2.06 bits per heavy atom. The molecule has 1 aromatic carbocycles. The van der Waals surface area contributed by atoms with Crippen molar-refractivity contribution < 1.29 is 8.42 Å². The molecule has 1 aliphatic heterocycles. The fraction of sp³-hybridized carbons (Fsp3) is 0.417. The molecule has 1 fully saturated rings. The van der Waals surface area contributed by atoms with Crippen LogP contribution in [0.15, 0.2) is 33.6 Å². The number of nitrogens with zero attached hydrogens (tertiary/aromatic N) is 2. The van der Waals surface area contributed by atoms with E-state index in [2.05, 4.69) is 25.2 Å². The molecule has 0 unspecified atom stereocenters. The van der Waals surface area contributed by atoms with Crippen molar-refractivity contribution in [3.63, 3.8) is 0 Å². The number of benzene rings is 1. The molecule has 1 aliphatic carbocycles. The van der Waals surface area contributed by atoms with Crippen molar-refractivity contribution in [2.75, 3.05) is 11.9 Å². The van der Waals surface area contributed by atoms with E-state index in [1.165, 1.54) is 0 Å². The molecule has 0 bridgehead atoms. The summed E-state index contributed by atoms with van der Waals surface area (Å²) in [7, 11) is -3.49. The van der Waals surface area contributed by atoms with Gasteiger partial charge in [0.1, 0.15) is 4.90 Å². The molecule has 0 amide bonds. The van der Waals surface area contributed by atoms with Gasteiger partial charge in [-0.3, -0.25) is 0 Å². The lowest BCUT2D eigenvalue weighted by atomic mass is 10.2. The first kappa shape index (κ1) is 12.2. The van der Waals surface area contributed by atoms with E-state index in [4.69, 9.17) is 0 Å². The summed E-state index contributed by atoms with van der Waals surface area (Å²) < 4.78 is 27.9. The summed E-state index contributed by atoms with van der Waals surface area (Å²) in [6.07, 6.45) is 2.24. The maximum Gasteiger partial charge on any atom is 0.285 e. The van der Waals surface area contributed by atoms with Crippen LogP contribution in [0.25, 0.3) is 0 Å². The van der Waals surface area contributed by atoms with Crippen LogP contribution in [0, 0.1) is 0 Å². The maximum absolute atomic E-state index is 12.0. The second-order valence-corrected chi connectivity index (χ2v) is 6.87. The van der Waals surface area contributed by atoms with Crippen molar-refractivity contribution in [3.8, 4) is 0 Å². The topological polar surface area (TPSA) is 49.7 Å². The van der Waals surface area contributed by atoms with Crippen LogP contribution < -0.4 is 0 Å². The second kappa shape index (κ2) is 4.35. The Kier molecular flexibility index (Phi) is 2.94. The molecule has 18 heavy (non-hydrogen) atoms. The molecule has 1 heterocycles. The number of hydrogen-bond donors (Lipinski definition) is 0. The van der Waals surface area contributed by atoms with Gasteiger partial charge >= 0.3 is 0 Å². The summed E-state index contributed by atoms with van der Waals surface area (Å²) in [5.41, 5.74) is 0.741. The van der Waals surface area contributed by atoms with E-state index >= 15 is 0 Å². The first-order valence-corrected chi connectivity index (χ1v) is 8.46. The predicted molar refractivity (Wildman–Crippen MR) is 73.7 cm³/mol. The van der Waals surface area contributed by atoms with Gasteiger partial charge in [-0.15, -0.1) is 4.40 Å². The van der Waals surface area contributed by atoms with Gasteiger partial charge < -0.3 is 4.90 Å². The van der Waals surface area contributed by atoms with Crippen molar-refractivity contribution in [3.05, 3.63) is 29.8 Å². The van der Waals surface area contributed by atoms with Crippen LogP contribution >= 0.6 is 15.9 Å². The average molecular weight is 329 g/mol. The molecule has 2 aliphatic rings. The van der Waals surface area contributed by atoms with Gasteiger partial charge in [-0.2, -0.15) is 8.42 Å². The molecule has 0 atom stereocenters. The molecule has 0 aromatic heterocycles. The third-order valence-corrected chi connectivity index (χ3v) is 4.88. The highest BCUT2D eigenvalue weighted by Gasteiger charge is 2.37. The molecule has 96 valence electrons. The number of hydrogen-bond acceptors (Lipinski definition) is 3. The van der Waals surface area contributed by atoms with Crippen LogP contribution in [0.4, 0.5) is 0 Å². The third kappa shape index (κ3) is 1.97. The number of fused-ring (bicyclic) bond motifs is 1. The Hall–Kier alpha value is -0.880. The number of amidine groups is 1. The number of sulfonamides is 1. The Morgan fingerprint density at radius 1 is 1.33 bits per heavy atom. The average Bonchev–Trinajstić information content (AvgIpc) is 3.14. The molecule has 6 heteroatoms.